The zero-order valence-corrected chi connectivity index (χ0v) is 13.4. The van der Waals surface area contributed by atoms with Crippen molar-refractivity contribution in [3.05, 3.63) is 62.8 Å². The van der Waals surface area contributed by atoms with E-state index in [1.165, 1.54) is 12.1 Å². The summed E-state index contributed by atoms with van der Waals surface area (Å²) in [6.07, 6.45) is 0. The summed E-state index contributed by atoms with van der Waals surface area (Å²) in [5, 5.41) is 0.474. The molecule has 2 N–H and O–H groups in total. The van der Waals surface area contributed by atoms with Crippen molar-refractivity contribution in [1.82, 2.24) is 0 Å². The summed E-state index contributed by atoms with van der Waals surface area (Å²) in [4.78, 5) is 0.198. The molecule has 20 heavy (non-hydrogen) atoms. The number of rotatable bonds is 4. The van der Waals surface area contributed by atoms with Crippen LogP contribution in [0.5, 0.6) is 5.75 Å². The summed E-state index contributed by atoms with van der Waals surface area (Å²) < 4.78 is 19.8. The summed E-state index contributed by atoms with van der Waals surface area (Å²) in [7, 11) is 0. The van der Waals surface area contributed by atoms with E-state index < -0.39 is 0 Å². The predicted molar refractivity (Wildman–Crippen MR) is 85.8 cm³/mol. The highest BCUT2D eigenvalue weighted by Gasteiger charge is 2.09. The molecule has 0 fully saturated rings. The van der Waals surface area contributed by atoms with E-state index in [4.69, 9.17) is 34.3 Å². The standard InChI is InChI=1S/C14H10BrClFNOS/c15-9-1-4-12(16)13(6-9)19-7-8-5-10(17)2-3-11(8)14(18)20/h1-6H,7H2,(H2,18,20). The molecule has 0 aromatic heterocycles. The van der Waals surface area contributed by atoms with Gasteiger partial charge in [-0.2, -0.15) is 0 Å². The maximum Gasteiger partial charge on any atom is 0.139 e. The molecule has 0 saturated heterocycles. The Morgan fingerprint density at radius 3 is 2.75 bits per heavy atom. The van der Waals surface area contributed by atoms with Gasteiger partial charge in [-0.1, -0.05) is 39.7 Å². The molecule has 2 rings (SSSR count). The Kier molecular flexibility index (Phi) is 4.96. The summed E-state index contributed by atoms with van der Waals surface area (Å²) >= 11 is 14.3. The van der Waals surface area contributed by atoms with Gasteiger partial charge in [-0.3, -0.25) is 0 Å². The Morgan fingerprint density at radius 1 is 1.30 bits per heavy atom. The van der Waals surface area contributed by atoms with E-state index >= 15 is 0 Å². The van der Waals surface area contributed by atoms with E-state index in [1.807, 2.05) is 0 Å². The highest BCUT2D eigenvalue weighted by molar-refractivity contribution is 9.10. The molecule has 0 bridgehead atoms. The molecule has 0 radical (unpaired) electrons. The average molecular weight is 375 g/mol. The van der Waals surface area contributed by atoms with Gasteiger partial charge in [0.15, 0.2) is 0 Å². The Labute approximate surface area is 134 Å². The Balaban J connectivity index is 2.24. The fourth-order valence-electron chi connectivity index (χ4n) is 1.67. The van der Waals surface area contributed by atoms with Gasteiger partial charge in [-0.15, -0.1) is 0 Å². The van der Waals surface area contributed by atoms with Crippen molar-refractivity contribution < 1.29 is 9.13 Å². The van der Waals surface area contributed by atoms with Gasteiger partial charge in [0.1, 0.15) is 23.2 Å². The van der Waals surface area contributed by atoms with Crippen LogP contribution in [-0.2, 0) is 6.61 Å². The molecule has 2 aromatic carbocycles. The molecule has 0 amide bonds. The van der Waals surface area contributed by atoms with Gasteiger partial charge in [0.2, 0.25) is 0 Å². The van der Waals surface area contributed by atoms with Gasteiger partial charge in [0.25, 0.3) is 0 Å². The fraction of sp³-hybridized carbons (Fsp3) is 0.0714. The van der Waals surface area contributed by atoms with E-state index in [1.54, 1.807) is 24.3 Å². The second-order valence-corrected chi connectivity index (χ2v) is 5.79. The van der Waals surface area contributed by atoms with Gasteiger partial charge < -0.3 is 10.5 Å². The fourth-order valence-corrected chi connectivity index (χ4v) is 2.38. The number of hydrogen-bond donors (Lipinski definition) is 1. The van der Waals surface area contributed by atoms with Gasteiger partial charge in [-0.25, -0.2) is 4.39 Å². The summed E-state index contributed by atoms with van der Waals surface area (Å²) in [6.45, 7) is 0.126. The molecule has 2 nitrogen and oxygen atoms in total. The molecular weight excluding hydrogens is 365 g/mol. The largest absolute Gasteiger partial charge is 0.487 e. The summed E-state index contributed by atoms with van der Waals surface area (Å²) in [5.74, 6) is 0.128. The van der Waals surface area contributed by atoms with Crippen LogP contribution >= 0.6 is 39.7 Å². The van der Waals surface area contributed by atoms with Crippen LogP contribution < -0.4 is 10.5 Å². The highest BCUT2D eigenvalue weighted by atomic mass is 79.9. The minimum atomic E-state index is -0.371. The summed E-state index contributed by atoms with van der Waals surface area (Å²) in [5.41, 5.74) is 6.78. The highest BCUT2D eigenvalue weighted by Crippen LogP contribution is 2.29. The van der Waals surface area contributed by atoms with E-state index in [0.717, 1.165) is 4.47 Å². The van der Waals surface area contributed by atoms with Crippen molar-refractivity contribution in [2.45, 2.75) is 6.61 Å². The minimum absolute atomic E-state index is 0.126. The Morgan fingerprint density at radius 2 is 2.05 bits per heavy atom. The summed E-state index contributed by atoms with van der Waals surface area (Å²) in [6, 6.07) is 9.45. The smallest absolute Gasteiger partial charge is 0.139 e. The van der Waals surface area contributed by atoms with Crippen molar-refractivity contribution in [2.75, 3.05) is 0 Å². The maximum absolute atomic E-state index is 13.3. The third-order valence-corrected chi connectivity index (χ3v) is 3.63. The first-order valence-electron chi connectivity index (χ1n) is 5.63. The molecule has 0 unspecified atom stereocenters. The molecule has 0 saturated carbocycles. The SMILES string of the molecule is NC(=S)c1ccc(F)cc1COc1cc(Br)ccc1Cl. The van der Waals surface area contributed by atoms with Gasteiger partial charge in [0, 0.05) is 15.6 Å². The Hall–Kier alpha value is -1.17. The zero-order chi connectivity index (χ0) is 14.7. The molecule has 0 aliphatic heterocycles. The van der Waals surface area contributed by atoms with Crippen LogP contribution in [0.1, 0.15) is 11.1 Å². The first-order valence-corrected chi connectivity index (χ1v) is 7.21. The van der Waals surface area contributed by atoms with Crippen LogP contribution in [0.2, 0.25) is 5.02 Å². The van der Waals surface area contributed by atoms with Crippen molar-refractivity contribution in [2.24, 2.45) is 5.73 Å². The van der Waals surface area contributed by atoms with Gasteiger partial charge >= 0.3 is 0 Å². The maximum atomic E-state index is 13.3. The van der Waals surface area contributed by atoms with Crippen LogP contribution in [-0.4, -0.2) is 4.99 Å². The van der Waals surface area contributed by atoms with Crippen molar-refractivity contribution in [3.63, 3.8) is 0 Å². The second kappa shape index (κ2) is 6.52. The molecule has 2 aromatic rings. The van der Waals surface area contributed by atoms with Crippen molar-refractivity contribution in [1.29, 1.82) is 0 Å². The normalized spacial score (nSPS) is 10.3. The molecule has 0 aliphatic rings. The molecule has 0 spiro atoms. The molecule has 6 heteroatoms. The number of hydrogen-bond acceptors (Lipinski definition) is 2. The lowest BCUT2D eigenvalue weighted by atomic mass is 10.1. The van der Waals surface area contributed by atoms with Crippen LogP contribution in [0.4, 0.5) is 4.39 Å². The number of benzene rings is 2. The quantitative estimate of drug-likeness (QED) is 0.803. The zero-order valence-electron chi connectivity index (χ0n) is 10.2. The van der Waals surface area contributed by atoms with Crippen LogP contribution in [0, 0.1) is 5.82 Å². The predicted octanol–water partition coefficient (Wildman–Crippen LogP) is 4.45. The lowest BCUT2D eigenvalue weighted by Crippen LogP contribution is -2.14. The van der Waals surface area contributed by atoms with Crippen LogP contribution in [0.3, 0.4) is 0 Å². The van der Waals surface area contributed by atoms with Gasteiger partial charge in [-0.05, 0) is 36.4 Å². The van der Waals surface area contributed by atoms with Crippen molar-refractivity contribution in [3.8, 4) is 5.75 Å². The van der Waals surface area contributed by atoms with E-state index in [2.05, 4.69) is 15.9 Å². The molecule has 0 aliphatic carbocycles. The number of ether oxygens (including phenoxy) is 1. The second-order valence-electron chi connectivity index (χ2n) is 4.03. The van der Waals surface area contributed by atoms with Gasteiger partial charge in [0.05, 0.1) is 5.02 Å². The number of thiocarbonyl (C=S) groups is 1. The average Bonchev–Trinajstić information content (AvgIpc) is 2.39. The number of halogens is 3. The monoisotopic (exact) mass is 373 g/mol. The van der Waals surface area contributed by atoms with E-state index in [-0.39, 0.29) is 17.4 Å². The molecule has 0 atom stereocenters. The van der Waals surface area contributed by atoms with Crippen LogP contribution in [0.25, 0.3) is 0 Å². The number of nitrogens with two attached hydrogens (primary N) is 1. The first kappa shape index (κ1) is 15.2. The Bertz CT molecular complexity index is 666. The molecule has 104 valence electrons. The third-order valence-electron chi connectivity index (χ3n) is 2.61. The van der Waals surface area contributed by atoms with E-state index in [9.17, 15) is 4.39 Å². The third kappa shape index (κ3) is 3.69. The lowest BCUT2D eigenvalue weighted by molar-refractivity contribution is 0.305. The minimum Gasteiger partial charge on any atom is -0.487 e. The topological polar surface area (TPSA) is 35.2 Å². The molecule has 0 heterocycles. The van der Waals surface area contributed by atoms with Crippen molar-refractivity contribution >= 4 is 44.7 Å². The first-order chi connectivity index (χ1) is 9.47. The molecular formula is C14H10BrClFNOS. The van der Waals surface area contributed by atoms with E-state index in [0.29, 0.717) is 21.9 Å². The lowest BCUT2D eigenvalue weighted by Gasteiger charge is -2.12. The van der Waals surface area contributed by atoms with Crippen LogP contribution in [0.15, 0.2) is 40.9 Å².